The fraction of sp³-hybridized carbons (Fsp3) is 0.350. The molecular weight excluding hydrogens is 367 g/mol. The number of anilines is 1. The van der Waals surface area contributed by atoms with Crippen LogP contribution >= 0.6 is 11.3 Å². The Morgan fingerprint density at radius 1 is 1.19 bits per heavy atom. The van der Waals surface area contributed by atoms with E-state index >= 15 is 0 Å². The van der Waals surface area contributed by atoms with Crippen LogP contribution in [0.4, 0.5) is 9.39 Å². The van der Waals surface area contributed by atoms with Gasteiger partial charge in [-0.05, 0) is 48.9 Å². The van der Waals surface area contributed by atoms with Crippen LogP contribution in [0.5, 0.6) is 0 Å². The molecule has 1 N–H and O–H groups in total. The number of ether oxygens (including phenoxy) is 1. The topological polar surface area (TPSA) is 79.2 Å². The number of fused-ring (bicyclic) bond motifs is 1. The summed E-state index contributed by atoms with van der Waals surface area (Å²) >= 11 is 1.44. The molecule has 27 heavy (non-hydrogen) atoms. The molecule has 0 radical (unpaired) electrons. The highest BCUT2D eigenvalue weighted by Crippen LogP contribution is 2.36. The molecule has 0 saturated carbocycles. The number of amides is 1. The minimum absolute atomic E-state index is 0.0374. The maximum atomic E-state index is 12.9. The van der Waals surface area contributed by atoms with Crippen LogP contribution in [0.25, 0.3) is 0 Å². The number of carbonyl (C=O) groups excluding carboxylic acids is 2. The lowest BCUT2D eigenvalue weighted by Gasteiger charge is -2.06. The highest BCUT2D eigenvalue weighted by molar-refractivity contribution is 7.16. The molecular formula is C20H19FN2O3S. The number of hydrogen-bond donors (Lipinski definition) is 1. The quantitative estimate of drug-likeness (QED) is 0.627. The molecule has 0 unspecified atom stereocenters. The predicted octanol–water partition coefficient (Wildman–Crippen LogP) is 3.75. The third kappa shape index (κ3) is 4.92. The van der Waals surface area contributed by atoms with Gasteiger partial charge >= 0.3 is 5.97 Å². The van der Waals surface area contributed by atoms with Crippen molar-refractivity contribution in [3.8, 4) is 6.07 Å². The van der Waals surface area contributed by atoms with Gasteiger partial charge in [0.05, 0.1) is 12.0 Å². The fourth-order valence-electron chi connectivity index (χ4n) is 3.08. The van der Waals surface area contributed by atoms with Crippen molar-refractivity contribution in [3.63, 3.8) is 0 Å². The molecule has 5 nitrogen and oxygen atoms in total. The van der Waals surface area contributed by atoms with Crippen LogP contribution in [0.3, 0.4) is 0 Å². The Kier molecular flexibility index (Phi) is 6.20. The first-order chi connectivity index (χ1) is 13.1. The van der Waals surface area contributed by atoms with Crippen LogP contribution in [0.2, 0.25) is 0 Å². The molecule has 0 fully saturated rings. The van der Waals surface area contributed by atoms with E-state index in [0.29, 0.717) is 16.1 Å². The smallest absolute Gasteiger partial charge is 0.310 e. The zero-order chi connectivity index (χ0) is 19.2. The second-order valence-electron chi connectivity index (χ2n) is 6.39. The number of aryl methyl sites for hydroxylation is 1. The molecule has 1 heterocycles. The Morgan fingerprint density at radius 2 is 1.93 bits per heavy atom. The van der Waals surface area contributed by atoms with Crippen molar-refractivity contribution in [3.05, 3.63) is 51.7 Å². The number of hydrogen-bond acceptors (Lipinski definition) is 5. The van der Waals surface area contributed by atoms with Crippen molar-refractivity contribution in [1.82, 2.24) is 0 Å². The van der Waals surface area contributed by atoms with Crippen LogP contribution in [0, 0.1) is 17.1 Å². The zero-order valence-electron chi connectivity index (χ0n) is 14.7. The average molecular weight is 386 g/mol. The van der Waals surface area contributed by atoms with Crippen molar-refractivity contribution >= 4 is 28.2 Å². The minimum atomic E-state index is -0.570. The van der Waals surface area contributed by atoms with Gasteiger partial charge in [0.1, 0.15) is 16.9 Å². The summed E-state index contributed by atoms with van der Waals surface area (Å²) < 4.78 is 17.8. The summed E-state index contributed by atoms with van der Waals surface area (Å²) in [5, 5.41) is 12.7. The lowest BCUT2D eigenvalue weighted by atomic mass is 10.1. The Bertz CT molecular complexity index is 884. The Morgan fingerprint density at radius 3 is 2.67 bits per heavy atom. The number of nitrogens with zero attached hydrogens (tertiary/aromatic N) is 1. The molecule has 7 heteroatoms. The lowest BCUT2D eigenvalue weighted by Crippen LogP contribution is -2.21. The van der Waals surface area contributed by atoms with Gasteiger partial charge < -0.3 is 10.1 Å². The number of esters is 1. The second kappa shape index (κ2) is 8.78. The number of carbonyl (C=O) groups is 2. The lowest BCUT2D eigenvalue weighted by molar-refractivity contribution is -0.146. The van der Waals surface area contributed by atoms with Crippen LogP contribution in [0.1, 0.15) is 40.8 Å². The predicted molar refractivity (Wildman–Crippen MR) is 100.0 cm³/mol. The maximum Gasteiger partial charge on any atom is 0.310 e. The SMILES string of the molecule is N#Cc1c(NC(=O)COC(=O)Cc2ccc(F)cc2)sc2c1CCCCC2. The molecule has 0 bridgehead atoms. The summed E-state index contributed by atoms with van der Waals surface area (Å²) in [5.41, 5.74) is 2.18. The standard InChI is InChI=1S/C20H19FN2O3S/c21-14-8-6-13(7-9-14)10-19(25)26-12-18(24)23-20-16(11-22)15-4-2-1-3-5-17(15)27-20/h6-9H,1-5,10,12H2,(H,23,24). The fourth-order valence-corrected chi connectivity index (χ4v) is 4.33. The van der Waals surface area contributed by atoms with Crippen molar-refractivity contribution in [2.45, 2.75) is 38.5 Å². The van der Waals surface area contributed by atoms with Gasteiger partial charge in [0.15, 0.2) is 6.61 Å². The third-order valence-electron chi connectivity index (χ3n) is 4.41. The summed E-state index contributed by atoms with van der Waals surface area (Å²) in [6.07, 6.45) is 5.04. The van der Waals surface area contributed by atoms with E-state index in [4.69, 9.17) is 4.74 Å². The van der Waals surface area contributed by atoms with Crippen molar-refractivity contribution in [2.75, 3.05) is 11.9 Å². The number of halogens is 1. The van der Waals surface area contributed by atoms with E-state index < -0.39 is 18.5 Å². The van der Waals surface area contributed by atoms with Crippen LogP contribution in [-0.4, -0.2) is 18.5 Å². The molecule has 3 rings (SSSR count). The Balaban J connectivity index is 1.56. The summed E-state index contributed by atoms with van der Waals surface area (Å²) in [4.78, 5) is 25.1. The normalized spacial score (nSPS) is 13.2. The van der Waals surface area contributed by atoms with Crippen LogP contribution in [0.15, 0.2) is 24.3 Å². The van der Waals surface area contributed by atoms with Crippen molar-refractivity contribution in [2.24, 2.45) is 0 Å². The van der Waals surface area contributed by atoms with Crippen molar-refractivity contribution < 1.29 is 18.7 Å². The molecule has 0 spiro atoms. The Labute approximate surface area is 160 Å². The maximum absolute atomic E-state index is 12.9. The summed E-state index contributed by atoms with van der Waals surface area (Å²) in [5.74, 6) is -1.43. The summed E-state index contributed by atoms with van der Waals surface area (Å²) in [6, 6.07) is 7.71. The third-order valence-corrected chi connectivity index (χ3v) is 5.62. The van der Waals surface area contributed by atoms with Gasteiger partial charge in [-0.2, -0.15) is 5.26 Å². The zero-order valence-corrected chi connectivity index (χ0v) is 15.5. The van der Waals surface area contributed by atoms with Gasteiger partial charge in [-0.25, -0.2) is 4.39 Å². The first-order valence-corrected chi connectivity index (χ1v) is 9.63. The van der Waals surface area contributed by atoms with E-state index in [1.165, 1.54) is 35.6 Å². The second-order valence-corrected chi connectivity index (χ2v) is 7.50. The summed E-state index contributed by atoms with van der Waals surface area (Å²) in [6.45, 7) is -0.423. The largest absolute Gasteiger partial charge is 0.455 e. The first kappa shape index (κ1) is 19.1. The number of thiophene rings is 1. The molecule has 1 amide bonds. The monoisotopic (exact) mass is 386 g/mol. The van der Waals surface area contributed by atoms with E-state index in [1.807, 2.05) is 0 Å². The van der Waals surface area contributed by atoms with Gasteiger partial charge in [-0.15, -0.1) is 11.3 Å². The van der Waals surface area contributed by atoms with E-state index in [9.17, 15) is 19.2 Å². The van der Waals surface area contributed by atoms with Crippen LogP contribution < -0.4 is 5.32 Å². The van der Waals surface area contributed by atoms with Gasteiger partial charge in [0, 0.05) is 4.88 Å². The number of nitriles is 1. The van der Waals surface area contributed by atoms with Gasteiger partial charge in [-0.3, -0.25) is 9.59 Å². The van der Waals surface area contributed by atoms with Crippen molar-refractivity contribution in [1.29, 1.82) is 5.26 Å². The molecule has 0 aliphatic heterocycles. The van der Waals surface area contributed by atoms with E-state index in [-0.39, 0.29) is 12.2 Å². The molecule has 1 aromatic heterocycles. The van der Waals surface area contributed by atoms with E-state index in [0.717, 1.165) is 42.5 Å². The highest BCUT2D eigenvalue weighted by atomic mass is 32.1. The minimum Gasteiger partial charge on any atom is -0.455 e. The van der Waals surface area contributed by atoms with Crippen LogP contribution in [-0.2, 0) is 33.6 Å². The van der Waals surface area contributed by atoms with Gasteiger partial charge in [0.25, 0.3) is 5.91 Å². The molecule has 2 aromatic rings. The molecule has 1 aliphatic carbocycles. The van der Waals surface area contributed by atoms with Gasteiger partial charge in [-0.1, -0.05) is 18.6 Å². The van der Waals surface area contributed by atoms with E-state index in [1.54, 1.807) is 0 Å². The molecule has 140 valence electrons. The number of benzene rings is 1. The number of rotatable bonds is 5. The van der Waals surface area contributed by atoms with Gasteiger partial charge in [0.2, 0.25) is 0 Å². The van der Waals surface area contributed by atoms with E-state index in [2.05, 4.69) is 11.4 Å². The first-order valence-electron chi connectivity index (χ1n) is 8.81. The average Bonchev–Trinajstić information content (AvgIpc) is 2.81. The molecule has 1 aromatic carbocycles. The highest BCUT2D eigenvalue weighted by Gasteiger charge is 2.21. The molecule has 1 aliphatic rings. The molecule has 0 saturated heterocycles. The molecule has 0 atom stereocenters. The summed E-state index contributed by atoms with van der Waals surface area (Å²) in [7, 11) is 0. The Hall–Kier alpha value is -2.72. The number of nitrogens with one attached hydrogen (secondary N) is 1.